The van der Waals surface area contributed by atoms with Crippen LogP contribution in [0.1, 0.15) is 78.2 Å². The number of benzene rings is 6. The second-order valence-corrected chi connectivity index (χ2v) is 13.2. The molecular weight excluding hydrogens is 729 g/mol. The molecule has 6 aromatic rings. The first-order valence-corrected chi connectivity index (χ1v) is 19.1. The quantitative estimate of drug-likeness (QED) is 0.0542. The van der Waals surface area contributed by atoms with E-state index in [1.165, 1.54) is 0 Å². The highest BCUT2D eigenvalue weighted by atomic mass is 16.5. The van der Waals surface area contributed by atoms with Crippen molar-refractivity contribution in [3.8, 4) is 0 Å². The summed E-state index contributed by atoms with van der Waals surface area (Å²) in [5, 5.41) is 0. The molecule has 8 nitrogen and oxygen atoms in total. The minimum atomic E-state index is -1.22. The topological polar surface area (TPSA) is 121 Å². The number of carbonyl (C=O) groups is 6. The summed E-state index contributed by atoms with van der Waals surface area (Å²) in [4.78, 5) is 79.7. The third-order valence-corrected chi connectivity index (χ3v) is 9.43. The van der Waals surface area contributed by atoms with Crippen molar-refractivity contribution in [1.29, 1.82) is 0 Å². The smallest absolute Gasteiger partial charge is 0.314 e. The molecule has 2 atom stereocenters. The fourth-order valence-electron chi connectivity index (χ4n) is 6.69. The molecule has 292 valence electrons. The molecule has 6 rings (SSSR count). The summed E-state index contributed by atoms with van der Waals surface area (Å²) in [6.07, 6.45) is 0. The molecule has 8 heteroatoms. The fourth-order valence-corrected chi connectivity index (χ4v) is 6.69. The average molecular weight is 773 g/mol. The first-order valence-electron chi connectivity index (χ1n) is 19.1. The van der Waals surface area contributed by atoms with Crippen molar-refractivity contribution in [2.45, 2.75) is 25.7 Å². The van der Waals surface area contributed by atoms with Crippen molar-refractivity contribution in [3.05, 3.63) is 215 Å². The van der Waals surface area contributed by atoms with Crippen molar-refractivity contribution in [1.82, 2.24) is 0 Å². The van der Waals surface area contributed by atoms with Gasteiger partial charge < -0.3 is 9.47 Å². The average Bonchev–Trinajstić information content (AvgIpc) is 3.28. The standard InChI is InChI=1S/2C25H22O4/c2*1-2-29-25(28)21(18-12-6-3-7-13-18)22(23(26)19-14-8-4-9-15-19)24(27)20-16-10-5-11-17-20/h2*3-17,21-22H,2H2,1H3/t2*21-/m10/s1. The zero-order valence-electron chi connectivity index (χ0n) is 32.3. The lowest BCUT2D eigenvalue weighted by molar-refractivity contribution is -0.146. The molecule has 0 amide bonds. The van der Waals surface area contributed by atoms with Crippen LogP contribution in [-0.4, -0.2) is 48.3 Å². The number of hydrogen-bond acceptors (Lipinski definition) is 8. The molecule has 0 spiro atoms. The highest BCUT2D eigenvalue weighted by Gasteiger charge is 2.43. The first-order chi connectivity index (χ1) is 28.3. The van der Waals surface area contributed by atoms with Gasteiger partial charge in [0.25, 0.3) is 0 Å². The fraction of sp³-hybridized carbons (Fsp3) is 0.160. The van der Waals surface area contributed by atoms with Crippen molar-refractivity contribution >= 4 is 35.1 Å². The highest BCUT2D eigenvalue weighted by Crippen LogP contribution is 2.34. The van der Waals surface area contributed by atoms with Crippen LogP contribution in [0.5, 0.6) is 0 Å². The van der Waals surface area contributed by atoms with Crippen LogP contribution in [0.4, 0.5) is 0 Å². The van der Waals surface area contributed by atoms with Crippen molar-refractivity contribution < 1.29 is 38.2 Å². The van der Waals surface area contributed by atoms with Gasteiger partial charge in [0, 0.05) is 22.3 Å². The lowest BCUT2D eigenvalue weighted by Gasteiger charge is -2.24. The number of esters is 2. The van der Waals surface area contributed by atoms with Gasteiger partial charge in [-0.2, -0.15) is 0 Å². The molecule has 0 N–H and O–H groups in total. The lowest BCUT2D eigenvalue weighted by Crippen LogP contribution is -2.35. The van der Waals surface area contributed by atoms with Gasteiger partial charge in [-0.25, -0.2) is 0 Å². The van der Waals surface area contributed by atoms with E-state index in [-0.39, 0.29) is 13.2 Å². The predicted octanol–water partition coefficient (Wildman–Crippen LogP) is 9.43. The van der Waals surface area contributed by atoms with E-state index in [1.807, 2.05) is 12.1 Å². The summed E-state index contributed by atoms with van der Waals surface area (Å²) in [7, 11) is 0. The Morgan fingerprint density at radius 3 is 0.759 bits per heavy atom. The maximum Gasteiger partial charge on any atom is 0.314 e. The summed E-state index contributed by atoms with van der Waals surface area (Å²) in [5.74, 6) is -7.28. The maximum absolute atomic E-state index is 13.5. The van der Waals surface area contributed by atoms with Crippen molar-refractivity contribution in [3.63, 3.8) is 0 Å². The monoisotopic (exact) mass is 772 g/mol. The van der Waals surface area contributed by atoms with Crippen LogP contribution in [0.25, 0.3) is 0 Å². The summed E-state index contributed by atoms with van der Waals surface area (Å²) >= 11 is 0. The Morgan fingerprint density at radius 2 is 0.552 bits per heavy atom. The van der Waals surface area contributed by atoms with Crippen LogP contribution in [0, 0.1) is 11.8 Å². The van der Waals surface area contributed by atoms with Gasteiger partial charge in [-0.3, -0.25) is 28.8 Å². The van der Waals surface area contributed by atoms with Crippen LogP contribution in [0.3, 0.4) is 0 Å². The molecular formula is C50H44O8. The van der Waals surface area contributed by atoms with Gasteiger partial charge in [0.15, 0.2) is 23.1 Å². The Hall–Kier alpha value is -7.06. The van der Waals surface area contributed by atoms with E-state index in [0.717, 1.165) is 0 Å². The normalized spacial score (nSPS) is 11.7. The number of Topliss-reactive ketones (excluding diaryl/α,β-unsaturated/α-hetero) is 4. The molecule has 58 heavy (non-hydrogen) atoms. The number of ketones is 4. The molecule has 0 aliphatic rings. The molecule has 0 saturated carbocycles. The second-order valence-electron chi connectivity index (χ2n) is 13.2. The van der Waals surface area contributed by atoms with Gasteiger partial charge in [0.2, 0.25) is 0 Å². The molecule has 0 radical (unpaired) electrons. The van der Waals surface area contributed by atoms with Gasteiger partial charge in [0.05, 0.1) is 25.0 Å². The molecule has 0 heterocycles. The zero-order valence-corrected chi connectivity index (χ0v) is 32.3. The Balaban J connectivity index is 0.000000221. The number of carbonyl (C=O) groups excluding carboxylic acids is 6. The Kier molecular flexibility index (Phi) is 15.5. The van der Waals surface area contributed by atoms with Gasteiger partial charge in [-0.05, 0) is 25.0 Å². The van der Waals surface area contributed by atoms with E-state index < -0.39 is 58.7 Å². The summed E-state index contributed by atoms with van der Waals surface area (Å²) in [6.45, 7) is 3.72. The highest BCUT2D eigenvalue weighted by molar-refractivity contribution is 6.19. The maximum atomic E-state index is 13.5. The summed E-state index contributed by atoms with van der Waals surface area (Å²) in [6, 6.07) is 52.0. The molecule has 6 aromatic carbocycles. The minimum Gasteiger partial charge on any atom is -0.465 e. The van der Waals surface area contributed by atoms with Crippen LogP contribution >= 0.6 is 0 Å². The van der Waals surface area contributed by atoms with Crippen LogP contribution in [0.15, 0.2) is 182 Å². The molecule has 0 unspecified atom stereocenters. The van der Waals surface area contributed by atoms with E-state index in [1.54, 1.807) is 184 Å². The Labute approximate surface area is 338 Å². The second kappa shape index (κ2) is 21.3. The Morgan fingerprint density at radius 1 is 0.345 bits per heavy atom. The minimum absolute atomic E-state index is 0.161. The van der Waals surface area contributed by atoms with Gasteiger partial charge in [0.1, 0.15) is 11.8 Å². The molecule has 0 bridgehead atoms. The molecule has 0 aromatic heterocycles. The molecule has 0 fully saturated rings. The van der Waals surface area contributed by atoms with Crippen LogP contribution in [-0.2, 0) is 19.1 Å². The molecule has 0 aliphatic heterocycles. The predicted molar refractivity (Wildman–Crippen MR) is 222 cm³/mol. The first kappa shape index (κ1) is 42.1. The van der Waals surface area contributed by atoms with Crippen LogP contribution in [0.2, 0.25) is 0 Å². The van der Waals surface area contributed by atoms with Gasteiger partial charge >= 0.3 is 11.9 Å². The van der Waals surface area contributed by atoms with E-state index in [2.05, 4.69) is 0 Å². The van der Waals surface area contributed by atoms with E-state index in [4.69, 9.17) is 9.47 Å². The van der Waals surface area contributed by atoms with E-state index in [9.17, 15) is 28.8 Å². The SMILES string of the molecule is CCOC(=O)[C@@H](c1ccccc1)C(C(=O)c1ccccc1)C(=O)c1ccccc1.CCOC(=O)[C@H](c1ccccc1)C(C(=O)c1ccccc1)C(=O)c1ccccc1. The van der Waals surface area contributed by atoms with Crippen LogP contribution < -0.4 is 0 Å². The Bertz CT molecular complexity index is 1990. The van der Waals surface area contributed by atoms with E-state index in [0.29, 0.717) is 33.4 Å². The molecule has 0 aliphatic carbocycles. The molecule has 0 saturated heterocycles. The zero-order chi connectivity index (χ0) is 41.3. The lowest BCUT2D eigenvalue weighted by atomic mass is 9.77. The third kappa shape index (κ3) is 10.6. The van der Waals surface area contributed by atoms with Gasteiger partial charge in [-0.15, -0.1) is 0 Å². The number of rotatable bonds is 16. The van der Waals surface area contributed by atoms with Gasteiger partial charge in [-0.1, -0.05) is 182 Å². The van der Waals surface area contributed by atoms with Crippen molar-refractivity contribution in [2.75, 3.05) is 13.2 Å². The van der Waals surface area contributed by atoms with Crippen molar-refractivity contribution in [2.24, 2.45) is 11.8 Å². The summed E-state index contributed by atoms with van der Waals surface area (Å²) in [5.41, 5.74) is 2.67. The summed E-state index contributed by atoms with van der Waals surface area (Å²) < 4.78 is 10.5. The number of hydrogen-bond donors (Lipinski definition) is 0. The number of ether oxygens (including phenoxy) is 2. The third-order valence-electron chi connectivity index (χ3n) is 9.43. The van der Waals surface area contributed by atoms with E-state index >= 15 is 0 Å². The largest absolute Gasteiger partial charge is 0.465 e.